The van der Waals surface area contributed by atoms with Gasteiger partial charge in [0.15, 0.2) is 0 Å². The normalized spacial score (nSPS) is 13.6. The first-order valence-corrected chi connectivity index (χ1v) is 9.05. The number of hydrogen-bond donors (Lipinski definition) is 1. The largest absolute Gasteiger partial charge is 0.323 e. The first kappa shape index (κ1) is 18.5. The summed E-state index contributed by atoms with van der Waals surface area (Å²) in [4.78, 5) is 25.7. The molecule has 2 aromatic carbocycles. The number of nitrogens with one attached hydrogen (secondary N) is 1. The van der Waals surface area contributed by atoms with E-state index in [0.29, 0.717) is 21.3 Å². The van der Waals surface area contributed by atoms with Gasteiger partial charge in [-0.25, -0.2) is 0 Å². The van der Waals surface area contributed by atoms with Gasteiger partial charge in [-0.3, -0.25) is 9.59 Å². The molecule has 0 atom stereocenters. The van der Waals surface area contributed by atoms with Gasteiger partial charge in [-0.05, 0) is 54.8 Å². The van der Waals surface area contributed by atoms with Crippen molar-refractivity contribution in [3.05, 3.63) is 63.6 Å². The maximum absolute atomic E-state index is 12.2. The lowest BCUT2D eigenvalue weighted by molar-refractivity contribution is -0.116. The van der Waals surface area contributed by atoms with Crippen molar-refractivity contribution < 1.29 is 9.59 Å². The molecule has 0 bridgehead atoms. The van der Waals surface area contributed by atoms with E-state index in [0.717, 1.165) is 30.6 Å². The summed E-state index contributed by atoms with van der Waals surface area (Å²) in [6, 6.07) is 10.8. The summed E-state index contributed by atoms with van der Waals surface area (Å²) in [5, 5.41) is 3.80. The standard InChI is InChI=1S/C20H18Cl2N2O2/c1-13(25)24-11-3-4-14-12-15(7-9-19(14)24)23-20(26)10-8-16-17(21)5-2-6-18(16)22/h2,5-10,12H,3-4,11H2,1H3,(H,23,26)/b10-8-. The molecular weight excluding hydrogens is 371 g/mol. The molecule has 0 spiro atoms. The Balaban J connectivity index is 1.74. The van der Waals surface area contributed by atoms with Gasteiger partial charge < -0.3 is 10.2 Å². The second-order valence-corrected chi connectivity index (χ2v) is 6.89. The number of anilines is 2. The van der Waals surface area contributed by atoms with Crippen molar-refractivity contribution in [3.63, 3.8) is 0 Å². The number of halogens is 2. The third-order valence-electron chi connectivity index (χ3n) is 4.25. The molecule has 1 N–H and O–H groups in total. The van der Waals surface area contributed by atoms with Crippen molar-refractivity contribution in [3.8, 4) is 0 Å². The van der Waals surface area contributed by atoms with Crippen molar-refractivity contribution in [2.75, 3.05) is 16.8 Å². The Morgan fingerprint density at radius 2 is 1.88 bits per heavy atom. The van der Waals surface area contributed by atoms with Crippen LogP contribution >= 0.6 is 23.2 Å². The van der Waals surface area contributed by atoms with E-state index in [1.807, 2.05) is 12.1 Å². The molecule has 1 heterocycles. The third-order valence-corrected chi connectivity index (χ3v) is 4.91. The number of aryl methyl sites for hydroxylation is 1. The van der Waals surface area contributed by atoms with Crippen LogP contribution in [-0.4, -0.2) is 18.4 Å². The SMILES string of the molecule is CC(=O)N1CCCc2cc(NC(=O)/C=C\c3c(Cl)cccc3Cl)ccc21. The van der Waals surface area contributed by atoms with Crippen LogP contribution in [0.25, 0.3) is 6.08 Å². The molecular formula is C20H18Cl2N2O2. The number of amides is 2. The Morgan fingerprint density at radius 1 is 1.15 bits per heavy atom. The minimum absolute atomic E-state index is 0.0299. The Labute approximate surface area is 162 Å². The second kappa shape index (κ2) is 7.94. The lowest BCUT2D eigenvalue weighted by Crippen LogP contribution is -2.33. The molecule has 0 saturated carbocycles. The summed E-state index contributed by atoms with van der Waals surface area (Å²) in [6.45, 7) is 2.30. The van der Waals surface area contributed by atoms with Gasteiger partial charge in [-0.1, -0.05) is 29.3 Å². The van der Waals surface area contributed by atoms with Gasteiger partial charge in [0, 0.05) is 46.5 Å². The molecule has 3 rings (SSSR count). The van der Waals surface area contributed by atoms with Crippen molar-refractivity contribution >= 4 is 52.5 Å². The molecule has 2 aromatic rings. The minimum Gasteiger partial charge on any atom is -0.323 e. The summed E-state index contributed by atoms with van der Waals surface area (Å²) in [7, 11) is 0. The topological polar surface area (TPSA) is 49.4 Å². The predicted octanol–water partition coefficient (Wildman–Crippen LogP) is 4.94. The number of carbonyl (C=O) groups is 2. The highest BCUT2D eigenvalue weighted by molar-refractivity contribution is 6.37. The highest BCUT2D eigenvalue weighted by Crippen LogP contribution is 2.30. The average molecular weight is 389 g/mol. The van der Waals surface area contributed by atoms with Crippen LogP contribution in [0.1, 0.15) is 24.5 Å². The fourth-order valence-corrected chi connectivity index (χ4v) is 3.54. The molecule has 0 aromatic heterocycles. The zero-order chi connectivity index (χ0) is 18.7. The van der Waals surface area contributed by atoms with Gasteiger partial charge in [-0.2, -0.15) is 0 Å². The van der Waals surface area contributed by atoms with Crippen molar-refractivity contribution in [2.45, 2.75) is 19.8 Å². The van der Waals surface area contributed by atoms with Crippen LogP contribution in [0.4, 0.5) is 11.4 Å². The number of benzene rings is 2. The fraction of sp³-hybridized carbons (Fsp3) is 0.200. The first-order chi connectivity index (χ1) is 12.5. The molecule has 4 nitrogen and oxygen atoms in total. The quantitative estimate of drug-likeness (QED) is 0.756. The molecule has 1 aliphatic heterocycles. The lowest BCUT2D eigenvalue weighted by Gasteiger charge is -2.28. The molecule has 26 heavy (non-hydrogen) atoms. The summed E-state index contributed by atoms with van der Waals surface area (Å²) in [5.41, 5.74) is 3.27. The van der Waals surface area contributed by atoms with Gasteiger partial charge in [0.25, 0.3) is 0 Å². The van der Waals surface area contributed by atoms with E-state index in [1.54, 1.807) is 42.2 Å². The van der Waals surface area contributed by atoms with Gasteiger partial charge in [0.1, 0.15) is 0 Å². The van der Waals surface area contributed by atoms with E-state index < -0.39 is 0 Å². The van der Waals surface area contributed by atoms with E-state index in [-0.39, 0.29) is 11.8 Å². The second-order valence-electron chi connectivity index (χ2n) is 6.08. The molecule has 0 saturated heterocycles. The van der Waals surface area contributed by atoms with Crippen molar-refractivity contribution in [1.82, 2.24) is 0 Å². The van der Waals surface area contributed by atoms with Crippen molar-refractivity contribution in [1.29, 1.82) is 0 Å². The van der Waals surface area contributed by atoms with Crippen LogP contribution in [0.2, 0.25) is 10.0 Å². The number of rotatable bonds is 3. The Kier molecular flexibility index (Phi) is 5.64. The minimum atomic E-state index is -0.278. The number of fused-ring (bicyclic) bond motifs is 1. The molecule has 0 aliphatic carbocycles. The molecule has 1 aliphatic rings. The summed E-state index contributed by atoms with van der Waals surface area (Å²) in [6.07, 6.45) is 4.78. The number of hydrogen-bond acceptors (Lipinski definition) is 2. The maximum atomic E-state index is 12.2. The van der Waals surface area contributed by atoms with Crippen LogP contribution in [0, 0.1) is 0 Å². The van der Waals surface area contributed by atoms with Crippen molar-refractivity contribution in [2.24, 2.45) is 0 Å². The Morgan fingerprint density at radius 3 is 2.58 bits per heavy atom. The van der Waals surface area contributed by atoms with Gasteiger partial charge >= 0.3 is 0 Å². The molecule has 0 radical (unpaired) electrons. The highest BCUT2D eigenvalue weighted by Gasteiger charge is 2.20. The van der Waals surface area contributed by atoms with Crippen LogP contribution in [-0.2, 0) is 16.0 Å². The maximum Gasteiger partial charge on any atom is 0.248 e. The van der Waals surface area contributed by atoms with Crippen LogP contribution in [0.3, 0.4) is 0 Å². The van der Waals surface area contributed by atoms with E-state index in [2.05, 4.69) is 5.32 Å². The summed E-state index contributed by atoms with van der Waals surface area (Å²) < 4.78 is 0. The van der Waals surface area contributed by atoms with E-state index in [4.69, 9.17) is 23.2 Å². The fourth-order valence-electron chi connectivity index (χ4n) is 3.01. The number of nitrogens with zero attached hydrogens (tertiary/aromatic N) is 1. The highest BCUT2D eigenvalue weighted by atomic mass is 35.5. The van der Waals surface area contributed by atoms with Gasteiger partial charge in [0.05, 0.1) is 0 Å². The summed E-state index contributed by atoms with van der Waals surface area (Å²) >= 11 is 12.2. The molecule has 0 unspecified atom stereocenters. The monoisotopic (exact) mass is 388 g/mol. The predicted molar refractivity (Wildman–Crippen MR) is 107 cm³/mol. The zero-order valence-electron chi connectivity index (χ0n) is 14.3. The lowest BCUT2D eigenvalue weighted by atomic mass is 10.0. The summed E-state index contributed by atoms with van der Waals surface area (Å²) in [5.74, 6) is -0.248. The van der Waals surface area contributed by atoms with Gasteiger partial charge in [0.2, 0.25) is 11.8 Å². The van der Waals surface area contributed by atoms with Gasteiger partial charge in [-0.15, -0.1) is 0 Å². The van der Waals surface area contributed by atoms with Crippen LogP contribution < -0.4 is 10.2 Å². The Bertz CT molecular complexity index is 873. The average Bonchev–Trinajstić information content (AvgIpc) is 2.60. The van der Waals surface area contributed by atoms with Crippen LogP contribution in [0.15, 0.2) is 42.5 Å². The zero-order valence-corrected chi connectivity index (χ0v) is 15.8. The number of carbonyl (C=O) groups excluding carboxylic acids is 2. The van der Waals surface area contributed by atoms with E-state index in [9.17, 15) is 9.59 Å². The first-order valence-electron chi connectivity index (χ1n) is 8.30. The molecule has 6 heteroatoms. The molecule has 2 amide bonds. The van der Waals surface area contributed by atoms with E-state index >= 15 is 0 Å². The Hall–Kier alpha value is -2.30. The third kappa shape index (κ3) is 4.09. The van der Waals surface area contributed by atoms with E-state index in [1.165, 1.54) is 6.08 Å². The molecule has 134 valence electrons. The smallest absolute Gasteiger partial charge is 0.248 e. The van der Waals surface area contributed by atoms with Crippen LogP contribution in [0.5, 0.6) is 0 Å². The molecule has 0 fully saturated rings.